The molecule has 0 aliphatic heterocycles. The van der Waals surface area contributed by atoms with Gasteiger partial charge in [0.1, 0.15) is 6.10 Å². The van der Waals surface area contributed by atoms with E-state index in [1.165, 1.54) is 25.7 Å². The number of aromatic nitrogens is 2. The van der Waals surface area contributed by atoms with Crippen LogP contribution in [0.15, 0.2) is 12.4 Å². The fraction of sp³-hybridized carbons (Fsp3) is 0.706. The molecule has 1 aromatic rings. The van der Waals surface area contributed by atoms with Crippen LogP contribution in [-0.2, 0) is 4.79 Å². The molecule has 0 aromatic carbocycles. The van der Waals surface area contributed by atoms with Crippen LogP contribution < -0.4 is 10.1 Å². The normalized spacial score (nSPS) is 25.3. The largest absolute Gasteiger partial charge is 0.460 e. The number of ether oxygens (including phenoxy) is 1. The second-order valence-electron chi connectivity index (χ2n) is 6.70. The van der Waals surface area contributed by atoms with E-state index in [0.717, 1.165) is 38.1 Å². The number of carbonyl (C=O) groups is 1. The number of amides is 1. The highest BCUT2D eigenvalue weighted by atomic mass is 19.1. The molecule has 6 heteroatoms. The summed E-state index contributed by atoms with van der Waals surface area (Å²) in [6, 6.07) is 0.470. The van der Waals surface area contributed by atoms with E-state index in [-0.39, 0.29) is 24.1 Å². The molecule has 23 heavy (non-hydrogen) atoms. The lowest BCUT2D eigenvalue weighted by atomic mass is 9.92. The van der Waals surface area contributed by atoms with E-state index < -0.39 is 5.82 Å². The van der Waals surface area contributed by atoms with Crippen LogP contribution in [0.1, 0.15) is 57.8 Å². The fourth-order valence-corrected chi connectivity index (χ4v) is 3.60. The summed E-state index contributed by atoms with van der Waals surface area (Å²) in [5.74, 6) is 0.319. The van der Waals surface area contributed by atoms with Crippen LogP contribution in [0.3, 0.4) is 0 Å². The van der Waals surface area contributed by atoms with Crippen LogP contribution in [0.5, 0.6) is 6.01 Å². The van der Waals surface area contributed by atoms with Gasteiger partial charge in [-0.3, -0.25) is 4.79 Å². The third-order valence-electron chi connectivity index (χ3n) is 4.86. The van der Waals surface area contributed by atoms with Crippen LogP contribution in [-0.4, -0.2) is 28.0 Å². The first kappa shape index (κ1) is 16.1. The number of hydrogen-bond acceptors (Lipinski definition) is 4. The molecule has 1 heterocycles. The number of rotatable bonds is 5. The van der Waals surface area contributed by atoms with Gasteiger partial charge in [-0.1, -0.05) is 12.8 Å². The highest BCUT2D eigenvalue weighted by molar-refractivity contribution is 5.76. The Bertz CT molecular complexity index is 509. The zero-order valence-electron chi connectivity index (χ0n) is 13.3. The van der Waals surface area contributed by atoms with Crippen LogP contribution in [0.4, 0.5) is 4.39 Å². The molecule has 2 saturated carbocycles. The highest BCUT2D eigenvalue weighted by Crippen LogP contribution is 2.28. The summed E-state index contributed by atoms with van der Waals surface area (Å²) in [6.45, 7) is 0. The van der Waals surface area contributed by atoms with Gasteiger partial charge in [-0.25, -0.2) is 14.4 Å². The molecule has 0 radical (unpaired) electrons. The number of halogens is 1. The zero-order chi connectivity index (χ0) is 16.1. The minimum absolute atomic E-state index is 0.0449. The van der Waals surface area contributed by atoms with Crippen molar-refractivity contribution in [2.75, 3.05) is 0 Å². The van der Waals surface area contributed by atoms with E-state index in [0.29, 0.717) is 12.3 Å². The van der Waals surface area contributed by atoms with Crippen LogP contribution in [0.25, 0.3) is 0 Å². The Morgan fingerprint density at radius 2 is 1.78 bits per heavy atom. The fourth-order valence-electron chi connectivity index (χ4n) is 3.60. The number of hydrogen-bond donors (Lipinski definition) is 1. The van der Waals surface area contributed by atoms with Gasteiger partial charge in [0.25, 0.3) is 0 Å². The Kier molecular flexibility index (Phi) is 5.41. The summed E-state index contributed by atoms with van der Waals surface area (Å²) in [5.41, 5.74) is 0. The van der Waals surface area contributed by atoms with Crippen molar-refractivity contribution in [3.8, 4) is 6.01 Å². The Morgan fingerprint density at radius 1 is 1.13 bits per heavy atom. The summed E-state index contributed by atoms with van der Waals surface area (Å²) in [6.07, 6.45) is 11.4. The lowest BCUT2D eigenvalue weighted by molar-refractivity contribution is -0.123. The van der Waals surface area contributed by atoms with Crippen molar-refractivity contribution in [1.29, 1.82) is 0 Å². The Labute approximate surface area is 136 Å². The van der Waals surface area contributed by atoms with Gasteiger partial charge in [0.15, 0.2) is 5.82 Å². The standard InChI is InChI=1S/C17H24FN3O2/c18-13-10-19-17(20-11-13)23-15-7-5-14(6-8-15)21-16(22)9-12-3-1-2-4-12/h10-12,14-15H,1-9H2,(H,21,22). The molecule has 2 aliphatic carbocycles. The molecule has 2 fully saturated rings. The molecule has 1 amide bonds. The Balaban J connectivity index is 1.37. The van der Waals surface area contributed by atoms with E-state index in [1.54, 1.807) is 0 Å². The summed E-state index contributed by atoms with van der Waals surface area (Å²) in [4.78, 5) is 19.7. The van der Waals surface area contributed by atoms with E-state index >= 15 is 0 Å². The average Bonchev–Trinajstić information content (AvgIpc) is 3.04. The quantitative estimate of drug-likeness (QED) is 0.905. The molecule has 126 valence electrons. The van der Waals surface area contributed by atoms with Crippen molar-refractivity contribution in [1.82, 2.24) is 15.3 Å². The van der Waals surface area contributed by atoms with Gasteiger partial charge in [0.05, 0.1) is 12.4 Å². The molecule has 0 saturated heterocycles. The maximum Gasteiger partial charge on any atom is 0.316 e. The first-order valence-electron chi connectivity index (χ1n) is 8.62. The van der Waals surface area contributed by atoms with E-state index in [4.69, 9.17) is 4.74 Å². The molecule has 1 N–H and O–H groups in total. The molecule has 0 atom stereocenters. The van der Waals surface area contributed by atoms with Crippen molar-refractivity contribution in [3.63, 3.8) is 0 Å². The Hall–Kier alpha value is -1.72. The van der Waals surface area contributed by atoms with Crippen LogP contribution in [0, 0.1) is 11.7 Å². The average molecular weight is 321 g/mol. The first-order valence-corrected chi connectivity index (χ1v) is 8.62. The third kappa shape index (κ3) is 4.88. The molecule has 0 unspecified atom stereocenters. The number of nitrogens with zero attached hydrogens (tertiary/aromatic N) is 2. The second kappa shape index (κ2) is 7.70. The smallest absolute Gasteiger partial charge is 0.316 e. The summed E-state index contributed by atoms with van der Waals surface area (Å²) in [5, 5.41) is 3.16. The summed E-state index contributed by atoms with van der Waals surface area (Å²) < 4.78 is 18.4. The molecule has 0 bridgehead atoms. The monoisotopic (exact) mass is 321 g/mol. The second-order valence-corrected chi connectivity index (χ2v) is 6.70. The summed E-state index contributed by atoms with van der Waals surface area (Å²) in [7, 11) is 0. The predicted molar refractivity (Wildman–Crippen MR) is 83.4 cm³/mol. The highest BCUT2D eigenvalue weighted by Gasteiger charge is 2.25. The van der Waals surface area contributed by atoms with Crippen LogP contribution in [0.2, 0.25) is 0 Å². The van der Waals surface area contributed by atoms with E-state index in [9.17, 15) is 9.18 Å². The van der Waals surface area contributed by atoms with Crippen molar-refractivity contribution < 1.29 is 13.9 Å². The predicted octanol–water partition coefficient (Wildman–Crippen LogP) is 3.00. The van der Waals surface area contributed by atoms with Gasteiger partial charge >= 0.3 is 6.01 Å². The van der Waals surface area contributed by atoms with Crippen molar-refractivity contribution in [3.05, 3.63) is 18.2 Å². The lowest BCUT2D eigenvalue weighted by Crippen LogP contribution is -2.40. The van der Waals surface area contributed by atoms with E-state index in [2.05, 4.69) is 15.3 Å². The van der Waals surface area contributed by atoms with Crippen molar-refractivity contribution >= 4 is 5.91 Å². The molecular weight excluding hydrogens is 297 g/mol. The van der Waals surface area contributed by atoms with Gasteiger partial charge in [-0.15, -0.1) is 0 Å². The molecule has 1 aromatic heterocycles. The number of nitrogens with one attached hydrogen (secondary N) is 1. The minimum atomic E-state index is -0.467. The molecule has 3 rings (SSSR count). The lowest BCUT2D eigenvalue weighted by Gasteiger charge is -2.29. The van der Waals surface area contributed by atoms with Gasteiger partial charge in [-0.05, 0) is 44.4 Å². The third-order valence-corrected chi connectivity index (χ3v) is 4.86. The van der Waals surface area contributed by atoms with Gasteiger partial charge in [0, 0.05) is 12.5 Å². The zero-order valence-corrected chi connectivity index (χ0v) is 13.3. The Morgan fingerprint density at radius 3 is 2.43 bits per heavy atom. The maximum absolute atomic E-state index is 12.8. The van der Waals surface area contributed by atoms with E-state index in [1.807, 2.05) is 0 Å². The van der Waals surface area contributed by atoms with Crippen LogP contribution >= 0.6 is 0 Å². The minimum Gasteiger partial charge on any atom is -0.460 e. The molecular formula is C17H24FN3O2. The number of carbonyl (C=O) groups excluding carboxylic acids is 1. The molecule has 2 aliphatic rings. The molecule has 5 nitrogen and oxygen atoms in total. The maximum atomic E-state index is 12.8. The van der Waals surface area contributed by atoms with Gasteiger partial charge in [0.2, 0.25) is 5.91 Å². The van der Waals surface area contributed by atoms with Gasteiger partial charge in [-0.2, -0.15) is 0 Å². The topological polar surface area (TPSA) is 64.1 Å². The van der Waals surface area contributed by atoms with Crippen molar-refractivity contribution in [2.45, 2.75) is 69.9 Å². The SMILES string of the molecule is O=C(CC1CCCC1)NC1CCC(Oc2ncc(F)cn2)CC1. The molecule has 0 spiro atoms. The first-order chi connectivity index (χ1) is 11.2. The summed E-state index contributed by atoms with van der Waals surface area (Å²) >= 11 is 0. The van der Waals surface area contributed by atoms with Gasteiger partial charge < -0.3 is 10.1 Å². The van der Waals surface area contributed by atoms with Crippen molar-refractivity contribution in [2.24, 2.45) is 5.92 Å².